The number of hydrogen-bond acceptors (Lipinski definition) is 4. The number of nitrogens with one attached hydrogen (secondary N) is 1. The first-order chi connectivity index (χ1) is 16.3. The van der Waals surface area contributed by atoms with Gasteiger partial charge in [-0.05, 0) is 47.9 Å². The minimum atomic E-state index is -1.09. The van der Waals surface area contributed by atoms with Crippen molar-refractivity contribution in [1.29, 1.82) is 0 Å². The number of carboxylic acids is 2. The fourth-order valence-electron chi connectivity index (χ4n) is 3.89. The summed E-state index contributed by atoms with van der Waals surface area (Å²) in [6, 6.07) is 13.8. The van der Waals surface area contributed by atoms with Gasteiger partial charge in [-0.15, -0.1) is 0 Å². The van der Waals surface area contributed by atoms with Crippen molar-refractivity contribution in [3.05, 3.63) is 92.8 Å². The second-order valence-electron chi connectivity index (χ2n) is 7.98. The molecule has 1 aromatic heterocycles. The Kier molecular flexibility index (Phi) is 6.56. The molecule has 0 unspecified atom stereocenters. The Morgan fingerprint density at radius 1 is 1.06 bits per heavy atom. The molecule has 7 nitrogen and oxygen atoms in total. The molecule has 0 spiro atoms. The normalized spacial score (nSPS) is 11.0. The summed E-state index contributed by atoms with van der Waals surface area (Å²) in [5.74, 6) is -0.677. The second-order valence-corrected chi connectivity index (χ2v) is 8.36. The highest BCUT2D eigenvalue weighted by molar-refractivity contribution is 6.34. The lowest BCUT2D eigenvalue weighted by Crippen LogP contribution is -2.05. The SMILES string of the molecule is CCc1nc2c(Cc3ccc(OCc4cccc(C(=O)O)c4Cl)cc3)c(C(=O)O)cc(C)c2[nH]1. The highest BCUT2D eigenvalue weighted by Crippen LogP contribution is 2.28. The first kappa shape index (κ1) is 23.3. The monoisotopic (exact) mass is 478 g/mol. The standard InChI is InChI=1S/C26H23ClN2O5/c1-3-21-28-23-14(2)11-20(26(32)33)19(24(23)29-21)12-15-7-9-17(10-8-15)34-13-16-5-4-6-18(22(16)27)25(30)31/h4-11H,3,12-13H2,1-2H3,(H,28,29)(H,30,31)(H,32,33). The van der Waals surface area contributed by atoms with Gasteiger partial charge in [0.2, 0.25) is 0 Å². The maximum atomic E-state index is 11.9. The zero-order valence-electron chi connectivity index (χ0n) is 18.7. The van der Waals surface area contributed by atoms with E-state index >= 15 is 0 Å². The van der Waals surface area contributed by atoms with E-state index < -0.39 is 11.9 Å². The van der Waals surface area contributed by atoms with Crippen LogP contribution in [0.5, 0.6) is 5.75 Å². The van der Waals surface area contributed by atoms with Crippen LogP contribution >= 0.6 is 11.6 Å². The molecule has 0 saturated carbocycles. The molecule has 0 aliphatic carbocycles. The number of carboxylic acid groups (broad SMARTS) is 2. The number of fused-ring (bicyclic) bond motifs is 1. The third kappa shape index (κ3) is 4.61. The number of aromatic amines is 1. The Hall–Kier alpha value is -3.84. The minimum Gasteiger partial charge on any atom is -0.489 e. The third-order valence-electron chi connectivity index (χ3n) is 5.69. The molecule has 174 valence electrons. The van der Waals surface area contributed by atoms with Crippen molar-refractivity contribution in [2.24, 2.45) is 0 Å². The molecule has 0 saturated heterocycles. The highest BCUT2D eigenvalue weighted by atomic mass is 35.5. The lowest BCUT2D eigenvalue weighted by molar-refractivity contribution is 0.0685. The Labute approximate surface area is 201 Å². The average molecular weight is 479 g/mol. The van der Waals surface area contributed by atoms with E-state index in [2.05, 4.69) is 9.97 Å². The van der Waals surface area contributed by atoms with E-state index in [1.54, 1.807) is 30.3 Å². The Balaban J connectivity index is 1.57. The number of hydrogen-bond donors (Lipinski definition) is 3. The Morgan fingerprint density at radius 2 is 1.76 bits per heavy atom. The molecule has 8 heteroatoms. The second kappa shape index (κ2) is 9.57. The lowest BCUT2D eigenvalue weighted by atomic mass is 9.96. The molecular formula is C26H23ClN2O5. The fraction of sp³-hybridized carbons (Fsp3) is 0.192. The maximum absolute atomic E-state index is 11.9. The van der Waals surface area contributed by atoms with Gasteiger partial charge in [0.05, 0.1) is 27.2 Å². The van der Waals surface area contributed by atoms with E-state index in [-0.39, 0.29) is 22.8 Å². The summed E-state index contributed by atoms with van der Waals surface area (Å²) < 4.78 is 5.79. The number of H-pyrrole nitrogens is 1. The molecule has 0 fully saturated rings. The number of aromatic carboxylic acids is 2. The molecule has 0 aliphatic rings. The van der Waals surface area contributed by atoms with Crippen molar-refractivity contribution >= 4 is 34.6 Å². The molecule has 4 aromatic rings. The van der Waals surface area contributed by atoms with Gasteiger partial charge in [0.1, 0.15) is 18.2 Å². The van der Waals surface area contributed by atoms with E-state index in [1.807, 2.05) is 26.0 Å². The number of rotatable bonds is 8. The molecule has 0 radical (unpaired) electrons. The molecule has 4 rings (SSSR count). The summed E-state index contributed by atoms with van der Waals surface area (Å²) in [6.07, 6.45) is 1.13. The van der Waals surface area contributed by atoms with Crippen LogP contribution in [0.25, 0.3) is 11.0 Å². The maximum Gasteiger partial charge on any atom is 0.337 e. The van der Waals surface area contributed by atoms with Crippen LogP contribution in [0.4, 0.5) is 0 Å². The van der Waals surface area contributed by atoms with Gasteiger partial charge in [-0.1, -0.05) is 42.8 Å². The molecule has 0 aliphatic heterocycles. The number of benzene rings is 3. The molecule has 3 N–H and O–H groups in total. The molecule has 0 atom stereocenters. The fourth-order valence-corrected chi connectivity index (χ4v) is 4.15. The number of carbonyl (C=O) groups is 2. The molecule has 0 bridgehead atoms. The summed E-state index contributed by atoms with van der Waals surface area (Å²) >= 11 is 6.18. The van der Waals surface area contributed by atoms with Crippen molar-refractivity contribution in [2.45, 2.75) is 33.3 Å². The zero-order chi connectivity index (χ0) is 24.4. The molecule has 3 aromatic carbocycles. The van der Waals surface area contributed by atoms with Gasteiger partial charge in [-0.3, -0.25) is 0 Å². The number of aryl methyl sites for hydroxylation is 2. The smallest absolute Gasteiger partial charge is 0.337 e. The number of imidazole rings is 1. The molecule has 34 heavy (non-hydrogen) atoms. The quantitative estimate of drug-likeness (QED) is 0.301. The van der Waals surface area contributed by atoms with E-state index in [9.17, 15) is 19.8 Å². The van der Waals surface area contributed by atoms with Crippen LogP contribution in [0.3, 0.4) is 0 Å². The van der Waals surface area contributed by atoms with Crippen LogP contribution in [0.15, 0.2) is 48.5 Å². The summed E-state index contributed by atoms with van der Waals surface area (Å²) in [7, 11) is 0. The number of ether oxygens (including phenoxy) is 1. The average Bonchev–Trinajstić information content (AvgIpc) is 3.26. The van der Waals surface area contributed by atoms with Crippen molar-refractivity contribution in [3.63, 3.8) is 0 Å². The van der Waals surface area contributed by atoms with Crippen LogP contribution in [-0.4, -0.2) is 32.1 Å². The Bertz CT molecular complexity index is 1390. The minimum absolute atomic E-state index is 0.0290. The largest absolute Gasteiger partial charge is 0.489 e. The lowest BCUT2D eigenvalue weighted by Gasteiger charge is -2.11. The van der Waals surface area contributed by atoms with E-state index in [4.69, 9.17) is 16.3 Å². The van der Waals surface area contributed by atoms with Crippen LogP contribution in [0, 0.1) is 6.92 Å². The predicted molar refractivity (Wildman–Crippen MR) is 129 cm³/mol. The van der Waals surface area contributed by atoms with Crippen molar-refractivity contribution < 1.29 is 24.5 Å². The van der Waals surface area contributed by atoms with Crippen molar-refractivity contribution in [3.8, 4) is 5.75 Å². The molecule has 1 heterocycles. The van der Waals surface area contributed by atoms with Gasteiger partial charge in [-0.25, -0.2) is 14.6 Å². The van der Waals surface area contributed by atoms with Crippen LogP contribution in [-0.2, 0) is 19.4 Å². The highest BCUT2D eigenvalue weighted by Gasteiger charge is 2.19. The van der Waals surface area contributed by atoms with Crippen molar-refractivity contribution in [1.82, 2.24) is 9.97 Å². The van der Waals surface area contributed by atoms with E-state index in [1.165, 1.54) is 6.07 Å². The van der Waals surface area contributed by atoms with Crippen LogP contribution in [0.1, 0.15) is 55.7 Å². The van der Waals surface area contributed by atoms with Gasteiger partial charge >= 0.3 is 11.9 Å². The van der Waals surface area contributed by atoms with Crippen LogP contribution < -0.4 is 4.74 Å². The summed E-state index contributed by atoms with van der Waals surface area (Å²) in [5.41, 5.74) is 4.80. The van der Waals surface area contributed by atoms with Crippen LogP contribution in [0.2, 0.25) is 5.02 Å². The molecular weight excluding hydrogens is 456 g/mol. The zero-order valence-corrected chi connectivity index (χ0v) is 19.4. The van der Waals surface area contributed by atoms with E-state index in [0.717, 1.165) is 28.9 Å². The van der Waals surface area contributed by atoms with Crippen molar-refractivity contribution in [2.75, 3.05) is 0 Å². The topological polar surface area (TPSA) is 113 Å². The van der Waals surface area contributed by atoms with Gasteiger partial charge in [-0.2, -0.15) is 0 Å². The van der Waals surface area contributed by atoms with E-state index in [0.29, 0.717) is 28.8 Å². The summed E-state index contributed by atoms with van der Waals surface area (Å²) in [6.45, 7) is 3.99. The van der Waals surface area contributed by atoms with Gasteiger partial charge < -0.3 is 19.9 Å². The third-order valence-corrected chi connectivity index (χ3v) is 6.14. The summed E-state index contributed by atoms with van der Waals surface area (Å²) in [4.78, 5) is 31.1. The predicted octanol–water partition coefficient (Wildman–Crippen LogP) is 5.65. The number of aromatic nitrogens is 2. The van der Waals surface area contributed by atoms with Gasteiger partial charge in [0, 0.05) is 18.4 Å². The van der Waals surface area contributed by atoms with Gasteiger partial charge in [0.15, 0.2) is 0 Å². The number of halogens is 1. The summed E-state index contributed by atoms with van der Waals surface area (Å²) in [5, 5.41) is 19.1. The van der Waals surface area contributed by atoms with Gasteiger partial charge in [0.25, 0.3) is 0 Å². The molecule has 0 amide bonds. The first-order valence-electron chi connectivity index (χ1n) is 10.7. The first-order valence-corrected chi connectivity index (χ1v) is 11.1. The Morgan fingerprint density at radius 3 is 2.41 bits per heavy atom. The number of nitrogens with zero attached hydrogens (tertiary/aromatic N) is 1.